The van der Waals surface area contributed by atoms with E-state index in [0.717, 1.165) is 61.5 Å². The first kappa shape index (κ1) is 24.6. The first-order chi connectivity index (χ1) is 18.1. The molecule has 0 atom stereocenters. The smallest absolute Gasteiger partial charge is 0.336 e. The van der Waals surface area contributed by atoms with Crippen LogP contribution in [0.15, 0.2) is 88.1 Å². The summed E-state index contributed by atoms with van der Waals surface area (Å²) >= 11 is 0. The van der Waals surface area contributed by atoms with Crippen LogP contribution < -0.4 is 20.6 Å². The largest absolute Gasteiger partial charge is 0.484 e. The number of ether oxygens (including phenoxy) is 1. The van der Waals surface area contributed by atoms with Crippen LogP contribution in [0, 0.1) is 0 Å². The van der Waals surface area contributed by atoms with E-state index in [1.54, 1.807) is 12.1 Å². The number of benzene rings is 3. The van der Waals surface area contributed by atoms with Gasteiger partial charge in [0.1, 0.15) is 11.3 Å². The molecule has 1 aliphatic heterocycles. The molecule has 0 aliphatic carbocycles. The molecule has 0 spiro atoms. The Morgan fingerprint density at radius 1 is 0.946 bits per heavy atom. The molecule has 7 nitrogen and oxygen atoms in total. The predicted molar refractivity (Wildman–Crippen MR) is 146 cm³/mol. The number of rotatable bonds is 8. The van der Waals surface area contributed by atoms with Crippen LogP contribution in [0.3, 0.4) is 0 Å². The van der Waals surface area contributed by atoms with E-state index in [2.05, 4.69) is 45.4 Å². The van der Waals surface area contributed by atoms with Crippen LogP contribution >= 0.6 is 0 Å². The Bertz CT molecular complexity index is 1410. The number of hydrogen-bond donors (Lipinski definition) is 1. The molecule has 1 saturated heterocycles. The van der Waals surface area contributed by atoms with Crippen LogP contribution in [0.5, 0.6) is 5.75 Å². The average Bonchev–Trinajstić information content (AvgIpc) is 2.92. The lowest BCUT2D eigenvalue weighted by atomic mass is 10.1. The Morgan fingerprint density at radius 3 is 2.43 bits per heavy atom. The Kier molecular flexibility index (Phi) is 7.51. The van der Waals surface area contributed by atoms with Crippen LogP contribution in [0.25, 0.3) is 11.0 Å². The highest BCUT2D eigenvalue weighted by molar-refractivity contribution is 5.92. The van der Waals surface area contributed by atoms with Crippen LogP contribution in [0.4, 0.5) is 11.4 Å². The van der Waals surface area contributed by atoms with Gasteiger partial charge in [-0.3, -0.25) is 9.69 Å². The molecule has 0 bridgehead atoms. The van der Waals surface area contributed by atoms with Crippen LogP contribution in [-0.4, -0.2) is 43.6 Å². The minimum absolute atomic E-state index is 0.145. The number of fused-ring (bicyclic) bond motifs is 1. The van der Waals surface area contributed by atoms with Gasteiger partial charge in [0.05, 0.1) is 0 Å². The molecule has 7 heteroatoms. The Labute approximate surface area is 216 Å². The SMILES string of the molecule is CCc1cc(=O)oc2cc(OCC(=O)Nc3ccc(N4CCN(Cc5ccccc5)CC4)cc3)ccc12. The van der Waals surface area contributed by atoms with E-state index in [9.17, 15) is 9.59 Å². The number of piperazine rings is 1. The monoisotopic (exact) mass is 497 g/mol. The second kappa shape index (κ2) is 11.3. The topological polar surface area (TPSA) is 75.0 Å². The van der Waals surface area contributed by atoms with Gasteiger partial charge in [-0.2, -0.15) is 0 Å². The van der Waals surface area contributed by atoms with Crippen molar-refractivity contribution in [3.05, 3.63) is 100 Å². The summed E-state index contributed by atoms with van der Waals surface area (Å²) in [5, 5.41) is 3.75. The fraction of sp³-hybridized carbons (Fsp3) is 0.267. The predicted octanol–water partition coefficient (Wildman–Crippen LogP) is 4.70. The van der Waals surface area contributed by atoms with E-state index in [-0.39, 0.29) is 12.5 Å². The van der Waals surface area contributed by atoms with Crippen LogP contribution in [0.2, 0.25) is 0 Å². The molecule has 1 fully saturated rings. The third-order valence-electron chi connectivity index (χ3n) is 6.69. The van der Waals surface area contributed by atoms with Gasteiger partial charge in [-0.25, -0.2) is 4.79 Å². The molecule has 0 radical (unpaired) electrons. The number of amides is 1. The Morgan fingerprint density at radius 2 is 1.70 bits per heavy atom. The molecule has 1 aliphatic rings. The minimum atomic E-state index is -0.392. The highest BCUT2D eigenvalue weighted by atomic mass is 16.5. The van der Waals surface area contributed by atoms with Gasteiger partial charge in [0.15, 0.2) is 6.61 Å². The summed E-state index contributed by atoms with van der Waals surface area (Å²) in [6.07, 6.45) is 0.730. The quantitative estimate of drug-likeness (QED) is 0.356. The summed E-state index contributed by atoms with van der Waals surface area (Å²) < 4.78 is 10.9. The second-order valence-corrected chi connectivity index (χ2v) is 9.23. The van der Waals surface area contributed by atoms with E-state index < -0.39 is 5.63 Å². The zero-order valence-electron chi connectivity index (χ0n) is 21.0. The number of anilines is 2. The number of nitrogens with one attached hydrogen (secondary N) is 1. The summed E-state index contributed by atoms with van der Waals surface area (Å²) in [6.45, 7) is 6.80. The van der Waals surface area contributed by atoms with E-state index >= 15 is 0 Å². The van der Waals surface area contributed by atoms with E-state index in [4.69, 9.17) is 9.15 Å². The van der Waals surface area contributed by atoms with Gasteiger partial charge < -0.3 is 19.4 Å². The third-order valence-corrected chi connectivity index (χ3v) is 6.69. The van der Waals surface area contributed by atoms with Crippen molar-refractivity contribution in [2.24, 2.45) is 0 Å². The molecule has 190 valence electrons. The number of carbonyl (C=O) groups excluding carboxylic acids is 1. The van der Waals surface area contributed by atoms with Crippen LogP contribution in [0.1, 0.15) is 18.1 Å². The van der Waals surface area contributed by atoms with Crippen molar-refractivity contribution in [3.8, 4) is 5.75 Å². The Balaban J connectivity index is 1.11. The summed E-state index contributed by atoms with van der Waals surface area (Å²) in [5.41, 5.74) is 4.20. The molecule has 37 heavy (non-hydrogen) atoms. The molecular weight excluding hydrogens is 466 g/mol. The van der Waals surface area contributed by atoms with Crippen molar-refractivity contribution >= 4 is 28.3 Å². The van der Waals surface area contributed by atoms with Gasteiger partial charge in [-0.1, -0.05) is 37.3 Å². The zero-order chi connectivity index (χ0) is 25.6. The van der Waals surface area contributed by atoms with Crippen molar-refractivity contribution in [1.29, 1.82) is 0 Å². The summed E-state index contributed by atoms with van der Waals surface area (Å²) in [5.74, 6) is 0.215. The normalized spacial score (nSPS) is 14.0. The zero-order valence-corrected chi connectivity index (χ0v) is 21.0. The summed E-state index contributed by atoms with van der Waals surface area (Å²) in [7, 11) is 0. The first-order valence-corrected chi connectivity index (χ1v) is 12.7. The minimum Gasteiger partial charge on any atom is -0.484 e. The first-order valence-electron chi connectivity index (χ1n) is 12.7. The lowest BCUT2D eigenvalue weighted by molar-refractivity contribution is -0.118. The lowest BCUT2D eigenvalue weighted by Gasteiger charge is -2.36. The van der Waals surface area contributed by atoms with Crippen molar-refractivity contribution in [2.75, 3.05) is 43.0 Å². The molecule has 5 rings (SSSR count). The van der Waals surface area contributed by atoms with Gasteiger partial charge >= 0.3 is 5.63 Å². The molecule has 0 saturated carbocycles. The van der Waals surface area contributed by atoms with E-state index in [1.165, 1.54) is 11.6 Å². The lowest BCUT2D eigenvalue weighted by Crippen LogP contribution is -2.45. The number of hydrogen-bond acceptors (Lipinski definition) is 6. The number of carbonyl (C=O) groups is 1. The number of nitrogens with zero attached hydrogens (tertiary/aromatic N) is 2. The fourth-order valence-corrected chi connectivity index (χ4v) is 4.70. The molecule has 1 amide bonds. The summed E-state index contributed by atoms with van der Waals surface area (Å²) in [4.78, 5) is 29.1. The van der Waals surface area contributed by atoms with Crippen molar-refractivity contribution in [3.63, 3.8) is 0 Å². The molecule has 0 unspecified atom stereocenters. The van der Waals surface area contributed by atoms with Gasteiger partial charge in [-0.05, 0) is 53.9 Å². The highest BCUT2D eigenvalue weighted by Gasteiger charge is 2.17. The second-order valence-electron chi connectivity index (χ2n) is 9.23. The molecule has 4 aromatic rings. The molecule has 3 aromatic carbocycles. The third kappa shape index (κ3) is 6.19. The van der Waals surface area contributed by atoms with Crippen molar-refractivity contribution < 1.29 is 13.9 Å². The fourth-order valence-electron chi connectivity index (χ4n) is 4.70. The maximum absolute atomic E-state index is 12.5. The molecule has 1 aromatic heterocycles. The summed E-state index contributed by atoms with van der Waals surface area (Å²) in [6, 6.07) is 25.3. The average molecular weight is 498 g/mol. The molecule has 1 N–H and O–H groups in total. The van der Waals surface area contributed by atoms with Gasteiger partial charge in [-0.15, -0.1) is 0 Å². The van der Waals surface area contributed by atoms with E-state index in [0.29, 0.717) is 11.3 Å². The molecular formula is C30H31N3O4. The van der Waals surface area contributed by atoms with Crippen molar-refractivity contribution in [2.45, 2.75) is 19.9 Å². The van der Waals surface area contributed by atoms with E-state index in [1.807, 2.05) is 37.3 Å². The van der Waals surface area contributed by atoms with Gasteiger partial charge in [0.25, 0.3) is 5.91 Å². The van der Waals surface area contributed by atoms with Gasteiger partial charge in [0.2, 0.25) is 0 Å². The maximum atomic E-state index is 12.5. The molecule has 2 heterocycles. The Hall–Kier alpha value is -4.10. The standard InChI is InChI=1S/C30H31N3O4/c1-2-23-18-30(35)37-28-19-26(12-13-27(23)28)36-21-29(34)31-24-8-10-25(11-9-24)33-16-14-32(15-17-33)20-22-6-4-3-5-7-22/h3-13,18-19H,2,14-17,20-21H2,1H3,(H,31,34). The van der Waals surface area contributed by atoms with Crippen molar-refractivity contribution in [1.82, 2.24) is 4.90 Å². The number of aryl methyl sites for hydroxylation is 1. The van der Waals surface area contributed by atoms with Gasteiger partial charge in [0, 0.05) is 61.6 Å². The van der Waals surface area contributed by atoms with Crippen LogP contribution in [-0.2, 0) is 17.8 Å². The maximum Gasteiger partial charge on any atom is 0.336 e. The highest BCUT2D eigenvalue weighted by Crippen LogP contribution is 2.24.